The van der Waals surface area contributed by atoms with Gasteiger partial charge in [-0.1, -0.05) is 36.4 Å². The summed E-state index contributed by atoms with van der Waals surface area (Å²) in [7, 11) is 0. The number of nitrogens with zero attached hydrogens (tertiary/aromatic N) is 1. The second-order valence-electron chi connectivity index (χ2n) is 12.0. The fourth-order valence-corrected chi connectivity index (χ4v) is 5.16. The van der Waals surface area contributed by atoms with Gasteiger partial charge in [0.2, 0.25) is 0 Å². The molecular formula is C34H37F4N3O5. The molecule has 46 heavy (non-hydrogen) atoms. The standard InChI is InChI=1S/C34H37F4N3O5/c1-34(2,3)46-33(44)28(16-20-8-5-4-6-9-20)40-14-7-15-45-22-18-26(37)30(27(38)19-22)41-29(42)13-12-24(32(41)39)31(43)23-11-10-21(35)17-25(23)36/h4-6,8-13,17-18,22,24,28,32,40H,7,14-16,19,39H2,1-3H3/t22?,24?,28-,32?/m0/s1. The van der Waals surface area contributed by atoms with Gasteiger partial charge < -0.3 is 20.5 Å². The number of allylic oxidation sites excluding steroid dienone is 1. The molecule has 2 aliphatic rings. The number of nitrogens with one attached hydrogen (secondary N) is 1. The minimum absolute atomic E-state index is 0.0984. The van der Waals surface area contributed by atoms with Gasteiger partial charge in [-0.15, -0.1) is 0 Å². The van der Waals surface area contributed by atoms with Crippen molar-refractivity contribution in [3.8, 4) is 0 Å². The zero-order valence-corrected chi connectivity index (χ0v) is 25.8. The number of ether oxygens (including phenoxy) is 2. The van der Waals surface area contributed by atoms with Gasteiger partial charge in [0, 0.05) is 25.2 Å². The maximum absolute atomic E-state index is 15.3. The molecule has 0 fully saturated rings. The van der Waals surface area contributed by atoms with Gasteiger partial charge in [0.15, 0.2) is 5.78 Å². The number of rotatable bonds is 12. The minimum atomic E-state index is -1.56. The highest BCUT2D eigenvalue weighted by Crippen LogP contribution is 2.35. The molecule has 246 valence electrons. The van der Waals surface area contributed by atoms with Gasteiger partial charge in [0.1, 0.15) is 40.6 Å². The van der Waals surface area contributed by atoms with Crippen LogP contribution in [-0.2, 0) is 25.5 Å². The number of benzene rings is 2. The molecule has 0 radical (unpaired) electrons. The van der Waals surface area contributed by atoms with Gasteiger partial charge in [0.25, 0.3) is 5.91 Å². The van der Waals surface area contributed by atoms with Gasteiger partial charge in [-0.05, 0) is 63.9 Å². The van der Waals surface area contributed by atoms with Crippen molar-refractivity contribution in [3.05, 3.63) is 107 Å². The molecule has 0 bridgehead atoms. The summed E-state index contributed by atoms with van der Waals surface area (Å²) in [5.74, 6) is -7.66. The van der Waals surface area contributed by atoms with E-state index < -0.39 is 88.5 Å². The van der Waals surface area contributed by atoms with Crippen molar-refractivity contribution in [3.63, 3.8) is 0 Å². The number of halogens is 4. The number of amides is 1. The summed E-state index contributed by atoms with van der Waals surface area (Å²) in [5, 5.41) is 3.18. The Balaban J connectivity index is 1.35. The van der Waals surface area contributed by atoms with Crippen molar-refractivity contribution >= 4 is 17.7 Å². The summed E-state index contributed by atoms with van der Waals surface area (Å²) in [6.45, 7) is 5.81. The summed E-state index contributed by atoms with van der Waals surface area (Å²) < 4.78 is 69.5. The lowest BCUT2D eigenvalue weighted by Crippen LogP contribution is -2.53. The average Bonchev–Trinajstić information content (AvgIpc) is 2.97. The molecule has 0 aromatic heterocycles. The molecule has 0 spiro atoms. The first-order valence-corrected chi connectivity index (χ1v) is 14.9. The monoisotopic (exact) mass is 643 g/mol. The molecule has 0 saturated carbocycles. The largest absolute Gasteiger partial charge is 0.459 e. The summed E-state index contributed by atoms with van der Waals surface area (Å²) in [4.78, 5) is 39.1. The summed E-state index contributed by atoms with van der Waals surface area (Å²) in [5.41, 5.74) is 5.20. The molecule has 12 heteroatoms. The number of Topliss-reactive ketones (excluding diaryl/α,β-unsaturated/α-hetero) is 1. The van der Waals surface area contributed by atoms with E-state index in [1.165, 1.54) is 0 Å². The van der Waals surface area contributed by atoms with E-state index in [9.17, 15) is 23.2 Å². The van der Waals surface area contributed by atoms with Crippen LogP contribution < -0.4 is 11.1 Å². The number of ketones is 1. The minimum Gasteiger partial charge on any atom is -0.459 e. The molecule has 1 heterocycles. The first-order chi connectivity index (χ1) is 21.7. The van der Waals surface area contributed by atoms with Crippen LogP contribution in [0.25, 0.3) is 0 Å². The highest BCUT2D eigenvalue weighted by Gasteiger charge is 2.41. The summed E-state index contributed by atoms with van der Waals surface area (Å²) in [6.07, 6.45) is 0.921. The maximum atomic E-state index is 15.3. The summed E-state index contributed by atoms with van der Waals surface area (Å²) >= 11 is 0. The van der Waals surface area contributed by atoms with E-state index in [4.69, 9.17) is 15.2 Å². The molecule has 1 aliphatic carbocycles. The molecule has 3 N–H and O–H groups in total. The van der Waals surface area contributed by atoms with Crippen LogP contribution in [0, 0.1) is 17.6 Å². The smallest absolute Gasteiger partial charge is 0.323 e. The average molecular weight is 644 g/mol. The SMILES string of the molecule is CC(C)(C)OC(=O)[C@H](Cc1ccccc1)NCCCOC1C=C(F)C(N2C(=O)C=CC(C(=O)c3ccc(F)cc3F)C2N)=C(F)C1. The normalized spacial score (nSPS) is 20.9. The van der Waals surface area contributed by atoms with E-state index in [0.717, 1.165) is 35.9 Å². The topological polar surface area (TPSA) is 111 Å². The lowest BCUT2D eigenvalue weighted by molar-refractivity contribution is -0.157. The van der Waals surface area contributed by atoms with Crippen LogP contribution in [0.4, 0.5) is 17.6 Å². The fraction of sp³-hybridized carbons (Fsp3) is 0.382. The van der Waals surface area contributed by atoms with Crippen molar-refractivity contribution in [2.75, 3.05) is 13.2 Å². The van der Waals surface area contributed by atoms with Gasteiger partial charge in [-0.2, -0.15) is 0 Å². The number of carbonyl (C=O) groups excluding carboxylic acids is 3. The van der Waals surface area contributed by atoms with E-state index >= 15 is 8.78 Å². The first kappa shape index (κ1) is 34.7. The van der Waals surface area contributed by atoms with Gasteiger partial charge >= 0.3 is 5.97 Å². The van der Waals surface area contributed by atoms with Crippen LogP contribution in [-0.4, -0.2) is 59.6 Å². The molecule has 3 unspecified atom stereocenters. The van der Waals surface area contributed by atoms with Crippen LogP contribution in [0.1, 0.15) is 49.5 Å². The number of carbonyl (C=O) groups is 3. The lowest BCUT2D eigenvalue weighted by Gasteiger charge is -2.37. The number of esters is 1. The van der Waals surface area contributed by atoms with E-state index in [2.05, 4.69) is 5.32 Å². The van der Waals surface area contributed by atoms with E-state index in [-0.39, 0.29) is 6.61 Å². The first-order valence-electron chi connectivity index (χ1n) is 14.9. The summed E-state index contributed by atoms with van der Waals surface area (Å²) in [6, 6.07) is 11.2. The number of hydrogen-bond donors (Lipinski definition) is 2. The Morgan fingerprint density at radius 3 is 2.46 bits per heavy atom. The Morgan fingerprint density at radius 1 is 1.09 bits per heavy atom. The zero-order valence-electron chi connectivity index (χ0n) is 25.8. The molecule has 0 saturated heterocycles. The fourth-order valence-electron chi connectivity index (χ4n) is 5.16. The Labute approximate surface area is 264 Å². The highest BCUT2D eigenvalue weighted by molar-refractivity contribution is 6.02. The second-order valence-corrected chi connectivity index (χ2v) is 12.0. The molecular weight excluding hydrogens is 606 g/mol. The molecule has 1 aliphatic heterocycles. The van der Waals surface area contributed by atoms with Crippen LogP contribution in [0.3, 0.4) is 0 Å². The van der Waals surface area contributed by atoms with E-state index in [1.807, 2.05) is 30.3 Å². The third-order valence-electron chi connectivity index (χ3n) is 7.30. The quantitative estimate of drug-likeness (QED) is 0.142. The van der Waals surface area contributed by atoms with Crippen molar-refractivity contribution < 1.29 is 41.4 Å². The molecule has 2 aromatic rings. The molecule has 4 rings (SSSR count). The Bertz CT molecular complexity index is 1540. The molecule has 2 aromatic carbocycles. The van der Waals surface area contributed by atoms with Crippen molar-refractivity contribution in [2.45, 2.75) is 63.9 Å². The van der Waals surface area contributed by atoms with Gasteiger partial charge in [0.05, 0.1) is 23.8 Å². The van der Waals surface area contributed by atoms with Crippen LogP contribution >= 0.6 is 0 Å². The third-order valence-corrected chi connectivity index (χ3v) is 7.30. The van der Waals surface area contributed by atoms with Crippen LogP contribution in [0.5, 0.6) is 0 Å². The predicted octanol–water partition coefficient (Wildman–Crippen LogP) is 5.20. The number of hydrogen-bond acceptors (Lipinski definition) is 7. The van der Waals surface area contributed by atoms with Crippen molar-refractivity contribution in [2.24, 2.45) is 11.7 Å². The highest BCUT2D eigenvalue weighted by atomic mass is 19.1. The van der Waals surface area contributed by atoms with Crippen LogP contribution in [0.2, 0.25) is 0 Å². The molecule has 4 atom stereocenters. The zero-order chi connectivity index (χ0) is 33.6. The maximum Gasteiger partial charge on any atom is 0.323 e. The lowest BCUT2D eigenvalue weighted by atomic mass is 9.90. The number of nitrogens with two attached hydrogens (primary N) is 1. The third kappa shape index (κ3) is 8.77. The molecule has 8 nitrogen and oxygen atoms in total. The molecule has 1 amide bonds. The Hall–Kier alpha value is -4.13. The van der Waals surface area contributed by atoms with Gasteiger partial charge in [-0.25, -0.2) is 17.6 Å². The van der Waals surface area contributed by atoms with E-state index in [1.54, 1.807) is 20.8 Å². The van der Waals surface area contributed by atoms with E-state index in [0.29, 0.717) is 30.4 Å². The van der Waals surface area contributed by atoms with Crippen molar-refractivity contribution in [1.82, 2.24) is 10.2 Å². The predicted molar refractivity (Wildman–Crippen MR) is 162 cm³/mol. The second kappa shape index (κ2) is 15.0. The van der Waals surface area contributed by atoms with Crippen LogP contribution in [0.15, 0.2) is 84.1 Å². The van der Waals surface area contributed by atoms with Gasteiger partial charge in [-0.3, -0.25) is 19.3 Å². The Morgan fingerprint density at radius 2 is 1.80 bits per heavy atom. The Kier molecular flexibility index (Phi) is 11.3. The van der Waals surface area contributed by atoms with Crippen molar-refractivity contribution in [1.29, 1.82) is 0 Å².